The average molecular weight is 632 g/mol. The van der Waals surface area contributed by atoms with Gasteiger partial charge in [0.2, 0.25) is 11.8 Å². The summed E-state index contributed by atoms with van der Waals surface area (Å²) in [5.74, 6) is -0.0133. The number of amides is 2. The van der Waals surface area contributed by atoms with Gasteiger partial charge >= 0.3 is 6.09 Å². The number of carboxylic acid groups (broad SMARTS) is 1. The summed E-state index contributed by atoms with van der Waals surface area (Å²) in [6, 6.07) is 17.7. The first kappa shape index (κ1) is 31.9. The van der Waals surface area contributed by atoms with Crippen molar-refractivity contribution >= 4 is 17.7 Å². The van der Waals surface area contributed by atoms with Gasteiger partial charge in [0.1, 0.15) is 18.1 Å². The Kier molecular flexibility index (Phi) is 9.53. The Hall–Kier alpha value is -4.06. The van der Waals surface area contributed by atoms with Crippen molar-refractivity contribution in [2.45, 2.75) is 57.4 Å². The molecule has 46 heavy (non-hydrogen) atoms. The van der Waals surface area contributed by atoms with Crippen molar-refractivity contribution in [3.8, 4) is 5.88 Å². The lowest BCUT2D eigenvalue weighted by Gasteiger charge is -2.48. The van der Waals surface area contributed by atoms with Gasteiger partial charge in [0.05, 0.1) is 25.8 Å². The van der Waals surface area contributed by atoms with Crippen molar-refractivity contribution in [2.75, 3.05) is 50.9 Å². The van der Waals surface area contributed by atoms with Crippen LogP contribution in [-0.4, -0.2) is 107 Å². The molecule has 0 radical (unpaired) electrons. The van der Waals surface area contributed by atoms with Crippen LogP contribution in [0, 0.1) is 5.82 Å². The summed E-state index contributed by atoms with van der Waals surface area (Å²) in [6.07, 6.45) is 1.31. The molecule has 3 aliphatic heterocycles. The third-order valence-corrected chi connectivity index (χ3v) is 9.42. The number of ether oxygens (including phenoxy) is 2. The Morgan fingerprint density at radius 1 is 0.935 bits per heavy atom. The van der Waals surface area contributed by atoms with Gasteiger partial charge in [-0.15, -0.1) is 0 Å². The van der Waals surface area contributed by atoms with E-state index in [-0.39, 0.29) is 55.1 Å². The van der Waals surface area contributed by atoms with Crippen LogP contribution in [0.3, 0.4) is 0 Å². The van der Waals surface area contributed by atoms with Gasteiger partial charge in [0.25, 0.3) is 0 Å². The molecule has 11 heteroatoms. The van der Waals surface area contributed by atoms with Gasteiger partial charge < -0.3 is 19.5 Å². The van der Waals surface area contributed by atoms with Gasteiger partial charge in [-0.2, -0.15) is 0 Å². The van der Waals surface area contributed by atoms with E-state index >= 15 is 0 Å². The molecule has 0 saturated carbocycles. The predicted octanol–water partition coefficient (Wildman–Crippen LogP) is 4.44. The van der Waals surface area contributed by atoms with Crippen molar-refractivity contribution in [3.63, 3.8) is 0 Å². The fraction of sp³-hybridized carbons (Fsp3) is 0.457. The Morgan fingerprint density at radius 2 is 1.65 bits per heavy atom. The molecule has 10 nitrogen and oxygen atoms in total. The second kappa shape index (κ2) is 13.7. The number of pyridine rings is 1. The molecule has 4 heterocycles. The molecule has 3 aliphatic rings. The fourth-order valence-corrected chi connectivity index (χ4v) is 6.96. The first-order valence-electron chi connectivity index (χ1n) is 16.0. The molecule has 2 fully saturated rings. The van der Waals surface area contributed by atoms with Gasteiger partial charge in [-0.3, -0.25) is 19.5 Å². The van der Waals surface area contributed by atoms with Crippen LogP contribution in [0.2, 0.25) is 0 Å². The number of rotatable bonds is 7. The number of carbonyl (C=O) groups is 2. The maximum absolute atomic E-state index is 14.6. The van der Waals surface area contributed by atoms with Crippen LogP contribution >= 0.6 is 0 Å². The monoisotopic (exact) mass is 631 g/mol. The molecule has 0 aliphatic carbocycles. The van der Waals surface area contributed by atoms with E-state index in [9.17, 15) is 19.1 Å². The fourth-order valence-electron chi connectivity index (χ4n) is 6.96. The summed E-state index contributed by atoms with van der Waals surface area (Å²) in [4.78, 5) is 39.2. The molecule has 2 saturated heterocycles. The second-order valence-electron chi connectivity index (χ2n) is 12.8. The lowest BCUT2D eigenvalue weighted by Crippen LogP contribution is -2.65. The number of morpholine rings is 1. The van der Waals surface area contributed by atoms with Crippen LogP contribution in [0.25, 0.3) is 0 Å². The van der Waals surface area contributed by atoms with Crippen molar-refractivity contribution in [1.82, 2.24) is 19.7 Å². The molecule has 2 amide bonds. The van der Waals surface area contributed by atoms with E-state index in [4.69, 9.17) is 9.47 Å². The number of fused-ring (bicyclic) bond motifs is 1. The molecule has 3 aromatic rings. The zero-order valence-electron chi connectivity index (χ0n) is 26.6. The molecular weight excluding hydrogens is 589 g/mol. The summed E-state index contributed by atoms with van der Waals surface area (Å²) in [6.45, 7) is 9.11. The van der Waals surface area contributed by atoms with E-state index < -0.39 is 6.09 Å². The molecule has 0 spiro atoms. The van der Waals surface area contributed by atoms with Gasteiger partial charge in [-0.25, -0.2) is 14.2 Å². The minimum Gasteiger partial charge on any atom is -0.474 e. The Balaban J connectivity index is 1.31. The van der Waals surface area contributed by atoms with Gasteiger partial charge in [-0.05, 0) is 62.1 Å². The first-order valence-corrected chi connectivity index (χ1v) is 16.0. The largest absolute Gasteiger partial charge is 0.474 e. The van der Waals surface area contributed by atoms with E-state index in [1.807, 2.05) is 43.3 Å². The second-order valence-corrected chi connectivity index (χ2v) is 12.8. The van der Waals surface area contributed by atoms with Crippen LogP contribution in [0.4, 0.5) is 14.9 Å². The summed E-state index contributed by atoms with van der Waals surface area (Å²) >= 11 is 0. The molecule has 1 unspecified atom stereocenters. The van der Waals surface area contributed by atoms with Crippen molar-refractivity contribution in [2.24, 2.45) is 0 Å². The normalized spacial score (nSPS) is 25.5. The minimum absolute atomic E-state index is 0.108. The van der Waals surface area contributed by atoms with E-state index in [0.717, 1.165) is 16.7 Å². The highest BCUT2D eigenvalue weighted by Crippen LogP contribution is 2.39. The van der Waals surface area contributed by atoms with E-state index in [0.29, 0.717) is 50.8 Å². The molecule has 6 rings (SSSR count). The van der Waals surface area contributed by atoms with E-state index in [1.165, 1.54) is 17.0 Å². The number of aromatic nitrogens is 1. The van der Waals surface area contributed by atoms with Crippen LogP contribution < -0.4 is 9.64 Å². The van der Waals surface area contributed by atoms with Gasteiger partial charge in [-0.1, -0.05) is 42.5 Å². The molecule has 5 atom stereocenters. The number of benzene rings is 2. The Morgan fingerprint density at radius 3 is 2.35 bits per heavy atom. The summed E-state index contributed by atoms with van der Waals surface area (Å²) in [5.41, 5.74) is 3.34. The zero-order chi connectivity index (χ0) is 32.4. The van der Waals surface area contributed by atoms with Crippen molar-refractivity contribution in [3.05, 3.63) is 89.4 Å². The number of halogens is 1. The van der Waals surface area contributed by atoms with Crippen molar-refractivity contribution in [1.29, 1.82) is 0 Å². The standard InChI is InChI=1S/C35H42FN5O5/c1-23-16-38(30(18-40(23)35(43)44)17-39-24(2)20-45-21-25(39)3)19-33(42)41-31-14-27(13-26-9-11-29(36)12-10-26)15-37-34(31)46-22-32(41)28-7-5-4-6-8-28/h4-12,14-15,23-25,30,32H,13,16-22H2,1-3H3,(H,43,44)/t23-,24-,25-,30+,32?/m1/s1. The molecule has 1 N–H and O–H groups in total. The number of piperazine rings is 1. The highest BCUT2D eigenvalue weighted by molar-refractivity contribution is 5.97. The third kappa shape index (κ3) is 6.86. The zero-order valence-corrected chi connectivity index (χ0v) is 26.6. The quantitative estimate of drug-likeness (QED) is 0.409. The number of hydrogen-bond donors (Lipinski definition) is 1. The SMILES string of the molecule is C[C@@H]1CN(CC(=O)N2c3cc(Cc4ccc(F)cc4)cnc3OCC2c2ccccc2)[C@@H](CN2[C@H](C)COC[C@H]2C)CN1C(=O)O. The van der Waals surface area contributed by atoms with E-state index in [1.54, 1.807) is 23.2 Å². The lowest BCUT2D eigenvalue weighted by molar-refractivity contribution is -0.123. The number of nitrogens with zero attached hydrogens (tertiary/aromatic N) is 5. The van der Waals surface area contributed by atoms with Crippen molar-refractivity contribution < 1.29 is 28.6 Å². The molecule has 0 bridgehead atoms. The smallest absolute Gasteiger partial charge is 0.407 e. The Labute approximate surface area is 269 Å². The van der Waals surface area contributed by atoms with Gasteiger partial charge in [0.15, 0.2) is 0 Å². The maximum Gasteiger partial charge on any atom is 0.407 e. The lowest BCUT2D eigenvalue weighted by atomic mass is 10.0. The molecular formula is C35H42FN5O5. The highest BCUT2D eigenvalue weighted by Gasteiger charge is 2.41. The third-order valence-electron chi connectivity index (χ3n) is 9.42. The summed E-state index contributed by atoms with van der Waals surface area (Å²) in [7, 11) is 0. The molecule has 2 aromatic carbocycles. The maximum atomic E-state index is 14.6. The summed E-state index contributed by atoms with van der Waals surface area (Å²) in [5, 5.41) is 9.98. The first-order chi connectivity index (χ1) is 22.2. The number of hydrogen-bond acceptors (Lipinski definition) is 7. The minimum atomic E-state index is -0.947. The highest BCUT2D eigenvalue weighted by atomic mass is 19.1. The summed E-state index contributed by atoms with van der Waals surface area (Å²) < 4.78 is 25.4. The Bertz CT molecular complexity index is 1520. The van der Waals surface area contributed by atoms with Gasteiger partial charge in [0, 0.05) is 50.0 Å². The van der Waals surface area contributed by atoms with Crippen LogP contribution in [0.15, 0.2) is 66.9 Å². The van der Waals surface area contributed by atoms with Crippen LogP contribution in [0.1, 0.15) is 43.5 Å². The molecule has 1 aromatic heterocycles. The number of anilines is 1. The number of carbonyl (C=O) groups excluding carboxylic acids is 1. The average Bonchev–Trinajstić information content (AvgIpc) is 3.04. The van der Waals surface area contributed by atoms with Crippen LogP contribution in [0.5, 0.6) is 5.88 Å². The topological polar surface area (TPSA) is 98.7 Å². The van der Waals surface area contributed by atoms with E-state index in [2.05, 4.69) is 28.6 Å². The predicted molar refractivity (Wildman–Crippen MR) is 172 cm³/mol. The molecule has 244 valence electrons. The van der Waals surface area contributed by atoms with Crippen LogP contribution in [-0.2, 0) is 16.0 Å².